The van der Waals surface area contributed by atoms with Crippen molar-refractivity contribution < 1.29 is 4.79 Å². The summed E-state index contributed by atoms with van der Waals surface area (Å²) in [6, 6.07) is 9.76. The van der Waals surface area contributed by atoms with Crippen molar-refractivity contribution in [2.24, 2.45) is 0 Å². The van der Waals surface area contributed by atoms with Crippen LogP contribution in [0.3, 0.4) is 0 Å². The van der Waals surface area contributed by atoms with Gasteiger partial charge < -0.3 is 10.2 Å². The van der Waals surface area contributed by atoms with E-state index in [1.54, 1.807) is 0 Å². The van der Waals surface area contributed by atoms with Gasteiger partial charge in [-0.1, -0.05) is 37.3 Å². The number of carbonyl (C=O) groups excluding carboxylic acids is 1. The monoisotopic (exact) mass is 280 g/mol. The average Bonchev–Trinajstić information content (AvgIpc) is 2.48. The summed E-state index contributed by atoms with van der Waals surface area (Å²) in [7, 11) is 0. The van der Waals surface area contributed by atoms with Gasteiger partial charge in [-0.3, -0.25) is 4.79 Å². The molecule has 3 nitrogen and oxygen atoms in total. The molecular weight excluding hydrogens is 260 g/mol. The lowest BCUT2D eigenvalue weighted by molar-refractivity contribution is -0.121. The number of hydrogen-bond donors (Lipinski definition) is 1. The highest BCUT2D eigenvalue weighted by molar-refractivity contribution is 6.30. The Kier molecular flexibility index (Phi) is 5.23. The maximum atomic E-state index is 12.1. The third kappa shape index (κ3) is 3.95. The van der Waals surface area contributed by atoms with E-state index in [4.69, 9.17) is 11.6 Å². The molecule has 0 spiro atoms. The molecule has 1 atom stereocenters. The van der Waals surface area contributed by atoms with Crippen LogP contribution in [0.2, 0.25) is 0 Å². The van der Waals surface area contributed by atoms with Crippen molar-refractivity contribution in [2.45, 2.75) is 31.2 Å². The third-order valence-corrected chi connectivity index (χ3v) is 4.15. The molecule has 1 aliphatic heterocycles. The lowest BCUT2D eigenvalue weighted by atomic mass is 10.0. The molecule has 104 valence electrons. The molecule has 2 rings (SSSR count). The summed E-state index contributed by atoms with van der Waals surface area (Å²) in [5.41, 5.74) is 0.854. The van der Waals surface area contributed by atoms with Crippen molar-refractivity contribution in [3.63, 3.8) is 0 Å². The van der Waals surface area contributed by atoms with Crippen molar-refractivity contribution in [3.8, 4) is 0 Å². The van der Waals surface area contributed by atoms with Gasteiger partial charge in [0.2, 0.25) is 5.91 Å². The second-order valence-corrected chi connectivity index (χ2v) is 5.43. The summed E-state index contributed by atoms with van der Waals surface area (Å²) in [6.07, 6.45) is 2.02. The zero-order valence-electron chi connectivity index (χ0n) is 11.3. The number of amides is 1. The fourth-order valence-electron chi connectivity index (χ4n) is 2.44. The number of piperidine rings is 1. The molecule has 0 radical (unpaired) electrons. The van der Waals surface area contributed by atoms with Gasteiger partial charge in [0, 0.05) is 19.1 Å². The molecule has 19 heavy (non-hydrogen) atoms. The number of hydrogen-bond acceptors (Lipinski definition) is 2. The third-order valence-electron chi connectivity index (χ3n) is 3.70. The summed E-state index contributed by atoms with van der Waals surface area (Å²) >= 11 is 6.21. The van der Waals surface area contributed by atoms with Crippen LogP contribution in [0, 0.1) is 0 Å². The highest BCUT2D eigenvalue weighted by Crippen LogP contribution is 2.21. The normalized spacial score (nSPS) is 19.1. The van der Waals surface area contributed by atoms with Crippen LogP contribution in [-0.4, -0.2) is 36.5 Å². The van der Waals surface area contributed by atoms with E-state index in [0.29, 0.717) is 0 Å². The highest BCUT2D eigenvalue weighted by atomic mass is 35.5. The van der Waals surface area contributed by atoms with Crippen LogP contribution in [-0.2, 0) is 4.79 Å². The van der Waals surface area contributed by atoms with E-state index < -0.39 is 5.38 Å². The first kappa shape index (κ1) is 14.4. The minimum absolute atomic E-state index is 0.0807. The number of nitrogens with one attached hydrogen (secondary N) is 1. The van der Waals surface area contributed by atoms with Crippen LogP contribution < -0.4 is 5.32 Å². The van der Waals surface area contributed by atoms with Gasteiger partial charge in [-0.25, -0.2) is 0 Å². The lowest BCUT2D eigenvalue weighted by Crippen LogP contribution is -2.45. The predicted octanol–water partition coefficient (Wildman–Crippen LogP) is 2.57. The number of halogens is 1. The molecule has 1 fully saturated rings. The Hall–Kier alpha value is -1.06. The smallest absolute Gasteiger partial charge is 0.242 e. The molecule has 1 aromatic rings. The second kappa shape index (κ2) is 6.92. The van der Waals surface area contributed by atoms with Crippen molar-refractivity contribution in [1.82, 2.24) is 10.2 Å². The van der Waals surface area contributed by atoms with E-state index in [2.05, 4.69) is 17.1 Å². The maximum absolute atomic E-state index is 12.1. The molecule has 0 saturated carbocycles. The van der Waals surface area contributed by atoms with Gasteiger partial charge in [0.05, 0.1) is 0 Å². The minimum atomic E-state index is -0.592. The van der Waals surface area contributed by atoms with E-state index in [1.807, 2.05) is 30.3 Å². The van der Waals surface area contributed by atoms with Gasteiger partial charge in [0.15, 0.2) is 0 Å². The van der Waals surface area contributed by atoms with Crippen LogP contribution in [0.1, 0.15) is 30.7 Å². The zero-order valence-corrected chi connectivity index (χ0v) is 12.1. The van der Waals surface area contributed by atoms with Gasteiger partial charge >= 0.3 is 0 Å². The quantitative estimate of drug-likeness (QED) is 0.860. The van der Waals surface area contributed by atoms with Gasteiger partial charge in [-0.15, -0.1) is 11.6 Å². The van der Waals surface area contributed by atoms with E-state index in [1.165, 1.54) is 0 Å². The number of rotatable bonds is 4. The van der Waals surface area contributed by atoms with Gasteiger partial charge in [-0.2, -0.15) is 0 Å². The molecule has 1 aromatic carbocycles. The first-order chi connectivity index (χ1) is 9.20. The number of nitrogens with zero attached hydrogens (tertiary/aromatic N) is 1. The first-order valence-corrected chi connectivity index (χ1v) is 7.36. The van der Waals surface area contributed by atoms with Gasteiger partial charge in [-0.05, 0) is 24.9 Å². The SMILES string of the molecule is CCN1CCC(NC(=O)C(Cl)c2ccccc2)CC1. The van der Waals surface area contributed by atoms with Crippen molar-refractivity contribution in [1.29, 1.82) is 0 Å². The summed E-state index contributed by atoms with van der Waals surface area (Å²) < 4.78 is 0. The second-order valence-electron chi connectivity index (χ2n) is 4.99. The van der Waals surface area contributed by atoms with Crippen LogP contribution in [0.4, 0.5) is 0 Å². The van der Waals surface area contributed by atoms with Gasteiger partial charge in [0.1, 0.15) is 5.38 Å². The Morgan fingerprint density at radius 2 is 2.00 bits per heavy atom. The Bertz CT molecular complexity index is 402. The molecule has 0 aliphatic carbocycles. The van der Waals surface area contributed by atoms with E-state index in [0.717, 1.165) is 38.0 Å². The van der Waals surface area contributed by atoms with Crippen molar-refractivity contribution >= 4 is 17.5 Å². The van der Waals surface area contributed by atoms with E-state index >= 15 is 0 Å². The van der Waals surface area contributed by atoms with Crippen LogP contribution in [0.25, 0.3) is 0 Å². The molecule has 1 amide bonds. The Morgan fingerprint density at radius 1 is 1.37 bits per heavy atom. The molecule has 1 heterocycles. The zero-order chi connectivity index (χ0) is 13.7. The number of alkyl halides is 1. The molecule has 1 aliphatic rings. The number of carbonyl (C=O) groups is 1. The summed E-state index contributed by atoms with van der Waals surface area (Å²) in [4.78, 5) is 14.5. The van der Waals surface area contributed by atoms with E-state index in [9.17, 15) is 4.79 Å². The summed E-state index contributed by atoms with van der Waals surface area (Å²) in [5.74, 6) is -0.0807. The fourth-order valence-corrected chi connectivity index (χ4v) is 2.65. The minimum Gasteiger partial charge on any atom is -0.352 e. The van der Waals surface area contributed by atoms with Crippen molar-refractivity contribution in [3.05, 3.63) is 35.9 Å². The molecular formula is C15H21ClN2O. The largest absolute Gasteiger partial charge is 0.352 e. The number of benzene rings is 1. The Balaban J connectivity index is 1.85. The fraction of sp³-hybridized carbons (Fsp3) is 0.533. The number of likely N-dealkylation sites (tertiary alicyclic amines) is 1. The van der Waals surface area contributed by atoms with E-state index in [-0.39, 0.29) is 11.9 Å². The Labute approximate surface area is 119 Å². The first-order valence-electron chi connectivity index (χ1n) is 6.92. The Morgan fingerprint density at radius 3 is 2.58 bits per heavy atom. The topological polar surface area (TPSA) is 32.3 Å². The molecule has 0 bridgehead atoms. The predicted molar refractivity (Wildman–Crippen MR) is 78.3 cm³/mol. The molecule has 1 N–H and O–H groups in total. The van der Waals surface area contributed by atoms with Gasteiger partial charge in [0.25, 0.3) is 0 Å². The molecule has 0 aromatic heterocycles. The van der Waals surface area contributed by atoms with Crippen molar-refractivity contribution in [2.75, 3.05) is 19.6 Å². The van der Waals surface area contributed by atoms with Crippen LogP contribution in [0.5, 0.6) is 0 Å². The van der Waals surface area contributed by atoms with Crippen LogP contribution >= 0.6 is 11.6 Å². The summed E-state index contributed by atoms with van der Waals surface area (Å²) in [5, 5.41) is 2.47. The molecule has 1 saturated heterocycles. The molecule has 4 heteroatoms. The summed E-state index contributed by atoms with van der Waals surface area (Å²) in [6.45, 7) is 5.37. The molecule has 1 unspecified atom stereocenters. The standard InChI is InChI=1S/C15H21ClN2O/c1-2-18-10-8-13(9-11-18)17-15(19)14(16)12-6-4-3-5-7-12/h3-7,13-14H,2,8-11H2,1H3,(H,17,19). The highest BCUT2D eigenvalue weighted by Gasteiger charge is 2.23. The average molecular weight is 281 g/mol. The van der Waals surface area contributed by atoms with Crippen LogP contribution in [0.15, 0.2) is 30.3 Å². The lowest BCUT2D eigenvalue weighted by Gasteiger charge is -2.31. The maximum Gasteiger partial charge on any atom is 0.242 e.